The number of allylic oxidation sites excluding steroid dienone is 1. The number of carbonyl (C=O) groups is 1. The van der Waals surface area contributed by atoms with Crippen LogP contribution in [0.1, 0.15) is 24.8 Å². The van der Waals surface area contributed by atoms with E-state index in [0.29, 0.717) is 12.5 Å². The fraction of sp³-hybridized carbons (Fsp3) is 0.438. The summed E-state index contributed by atoms with van der Waals surface area (Å²) >= 11 is 0. The number of ether oxygens (including phenoxy) is 2. The van der Waals surface area contributed by atoms with E-state index >= 15 is 0 Å². The van der Waals surface area contributed by atoms with Gasteiger partial charge in [-0.25, -0.2) is 4.79 Å². The van der Waals surface area contributed by atoms with Crippen LogP contribution in [0.15, 0.2) is 42.5 Å². The molecule has 0 radical (unpaired) electrons. The van der Waals surface area contributed by atoms with Crippen LogP contribution in [0.5, 0.6) is 0 Å². The van der Waals surface area contributed by atoms with Crippen LogP contribution in [0, 0.1) is 5.92 Å². The van der Waals surface area contributed by atoms with Crippen LogP contribution in [-0.2, 0) is 20.9 Å². The summed E-state index contributed by atoms with van der Waals surface area (Å²) in [5.74, 6) is 0.271. The first-order valence-corrected chi connectivity index (χ1v) is 6.79. The van der Waals surface area contributed by atoms with Crippen LogP contribution in [0.4, 0.5) is 0 Å². The molecule has 0 N–H and O–H groups in total. The zero-order valence-corrected chi connectivity index (χ0v) is 11.1. The average molecular weight is 260 g/mol. The molecular formula is C16H20O3. The summed E-state index contributed by atoms with van der Waals surface area (Å²) in [6.45, 7) is 2.01. The highest BCUT2D eigenvalue weighted by molar-refractivity contribution is 5.81. The number of hydrogen-bond donors (Lipinski definition) is 0. The van der Waals surface area contributed by atoms with E-state index in [4.69, 9.17) is 9.47 Å². The smallest absolute Gasteiger partial charge is 0.330 e. The molecule has 3 nitrogen and oxygen atoms in total. The molecular weight excluding hydrogens is 240 g/mol. The lowest BCUT2D eigenvalue weighted by atomic mass is 9.98. The van der Waals surface area contributed by atoms with Crippen LogP contribution < -0.4 is 0 Å². The Labute approximate surface area is 114 Å². The number of carbonyl (C=O) groups excluding carboxylic acids is 1. The Morgan fingerprint density at radius 3 is 2.95 bits per heavy atom. The van der Waals surface area contributed by atoms with Crippen molar-refractivity contribution in [3.05, 3.63) is 48.0 Å². The molecule has 0 aromatic heterocycles. The second-order valence-electron chi connectivity index (χ2n) is 4.81. The molecule has 1 aliphatic heterocycles. The summed E-state index contributed by atoms with van der Waals surface area (Å²) in [6.07, 6.45) is 6.62. The highest BCUT2D eigenvalue weighted by Crippen LogP contribution is 2.17. The first-order chi connectivity index (χ1) is 9.34. The summed E-state index contributed by atoms with van der Waals surface area (Å²) in [6, 6.07) is 9.69. The van der Waals surface area contributed by atoms with Crippen molar-refractivity contribution in [1.29, 1.82) is 0 Å². The highest BCUT2D eigenvalue weighted by Gasteiger charge is 2.11. The van der Waals surface area contributed by atoms with Crippen LogP contribution in [-0.4, -0.2) is 19.2 Å². The normalized spacial score (nSPS) is 19.5. The van der Waals surface area contributed by atoms with E-state index in [9.17, 15) is 4.79 Å². The number of esters is 1. The number of rotatable bonds is 5. The second kappa shape index (κ2) is 7.74. The van der Waals surface area contributed by atoms with Crippen molar-refractivity contribution in [2.75, 3.05) is 13.2 Å². The van der Waals surface area contributed by atoms with Crippen molar-refractivity contribution in [3.8, 4) is 0 Å². The van der Waals surface area contributed by atoms with E-state index in [0.717, 1.165) is 31.6 Å². The third-order valence-electron chi connectivity index (χ3n) is 3.20. The van der Waals surface area contributed by atoms with Gasteiger partial charge in [-0.05, 0) is 30.7 Å². The van der Waals surface area contributed by atoms with Gasteiger partial charge in [0, 0.05) is 19.3 Å². The zero-order valence-electron chi connectivity index (χ0n) is 11.1. The molecule has 1 heterocycles. The van der Waals surface area contributed by atoms with Crippen molar-refractivity contribution in [1.82, 2.24) is 0 Å². The van der Waals surface area contributed by atoms with E-state index in [1.54, 1.807) is 0 Å². The van der Waals surface area contributed by atoms with E-state index in [1.807, 2.05) is 36.4 Å². The molecule has 1 saturated heterocycles. The first-order valence-electron chi connectivity index (χ1n) is 6.79. The van der Waals surface area contributed by atoms with Gasteiger partial charge in [0.2, 0.25) is 0 Å². The van der Waals surface area contributed by atoms with Gasteiger partial charge in [0.15, 0.2) is 0 Å². The maximum atomic E-state index is 11.5. The Kier molecular flexibility index (Phi) is 5.63. The van der Waals surface area contributed by atoms with Crippen LogP contribution in [0.2, 0.25) is 0 Å². The van der Waals surface area contributed by atoms with E-state index in [-0.39, 0.29) is 5.97 Å². The standard InChI is InChI=1S/C16H20O3/c17-16(19-13-15-6-2-1-3-7-15)10-4-8-14-9-5-11-18-12-14/h1-4,6-7,10,14H,5,8-9,11-13H2/b10-4+. The van der Waals surface area contributed by atoms with Crippen molar-refractivity contribution in [2.45, 2.75) is 25.9 Å². The van der Waals surface area contributed by atoms with Gasteiger partial charge >= 0.3 is 5.97 Å². The molecule has 0 saturated carbocycles. The Hall–Kier alpha value is -1.61. The Morgan fingerprint density at radius 1 is 1.37 bits per heavy atom. The number of hydrogen-bond acceptors (Lipinski definition) is 3. The fourth-order valence-corrected chi connectivity index (χ4v) is 2.13. The molecule has 19 heavy (non-hydrogen) atoms. The van der Waals surface area contributed by atoms with Crippen molar-refractivity contribution in [2.24, 2.45) is 5.92 Å². The van der Waals surface area contributed by atoms with Gasteiger partial charge in [0.1, 0.15) is 6.61 Å². The third-order valence-corrected chi connectivity index (χ3v) is 3.20. The largest absolute Gasteiger partial charge is 0.458 e. The van der Waals surface area contributed by atoms with E-state index < -0.39 is 0 Å². The molecule has 1 atom stereocenters. The minimum atomic E-state index is -0.277. The summed E-state index contributed by atoms with van der Waals surface area (Å²) in [5.41, 5.74) is 1.00. The lowest BCUT2D eigenvalue weighted by molar-refractivity contribution is -0.139. The Morgan fingerprint density at radius 2 is 2.21 bits per heavy atom. The Bertz CT molecular complexity index is 405. The molecule has 102 valence electrons. The molecule has 1 unspecified atom stereocenters. The third kappa shape index (κ3) is 5.26. The maximum absolute atomic E-state index is 11.5. The maximum Gasteiger partial charge on any atom is 0.330 e. The van der Waals surface area contributed by atoms with Gasteiger partial charge in [0.05, 0.1) is 0 Å². The zero-order chi connectivity index (χ0) is 13.3. The molecule has 0 spiro atoms. The van der Waals surface area contributed by atoms with Gasteiger partial charge in [-0.1, -0.05) is 36.4 Å². The van der Waals surface area contributed by atoms with Gasteiger partial charge in [-0.3, -0.25) is 0 Å². The van der Waals surface area contributed by atoms with Gasteiger partial charge in [-0.15, -0.1) is 0 Å². The minimum absolute atomic E-state index is 0.277. The summed E-state index contributed by atoms with van der Waals surface area (Å²) < 4.78 is 10.6. The quantitative estimate of drug-likeness (QED) is 0.603. The fourth-order valence-electron chi connectivity index (χ4n) is 2.13. The molecule has 0 amide bonds. The van der Waals surface area contributed by atoms with Crippen LogP contribution >= 0.6 is 0 Å². The topological polar surface area (TPSA) is 35.5 Å². The van der Waals surface area contributed by atoms with E-state index in [1.165, 1.54) is 12.5 Å². The Balaban J connectivity index is 1.66. The van der Waals surface area contributed by atoms with Crippen LogP contribution in [0.25, 0.3) is 0 Å². The molecule has 1 aromatic carbocycles. The molecule has 1 fully saturated rings. The first kappa shape index (κ1) is 13.8. The molecule has 2 rings (SSSR count). The molecule has 0 bridgehead atoms. The van der Waals surface area contributed by atoms with Crippen molar-refractivity contribution < 1.29 is 14.3 Å². The summed E-state index contributed by atoms with van der Waals surface area (Å²) in [5, 5.41) is 0. The van der Waals surface area contributed by atoms with Gasteiger partial charge in [-0.2, -0.15) is 0 Å². The predicted octanol–water partition coefficient (Wildman–Crippen LogP) is 3.10. The molecule has 1 aromatic rings. The molecule has 0 aliphatic carbocycles. The SMILES string of the molecule is O=C(/C=C/CC1CCCOC1)OCc1ccccc1. The van der Waals surface area contributed by atoms with Crippen molar-refractivity contribution in [3.63, 3.8) is 0 Å². The highest BCUT2D eigenvalue weighted by atomic mass is 16.5. The number of benzene rings is 1. The molecule has 3 heteroatoms. The minimum Gasteiger partial charge on any atom is -0.458 e. The summed E-state index contributed by atoms with van der Waals surface area (Å²) in [7, 11) is 0. The van der Waals surface area contributed by atoms with Crippen LogP contribution in [0.3, 0.4) is 0 Å². The predicted molar refractivity (Wildman–Crippen MR) is 73.5 cm³/mol. The summed E-state index contributed by atoms with van der Waals surface area (Å²) in [4.78, 5) is 11.5. The average Bonchev–Trinajstić information content (AvgIpc) is 2.47. The van der Waals surface area contributed by atoms with Gasteiger partial charge in [0.25, 0.3) is 0 Å². The lowest BCUT2D eigenvalue weighted by Crippen LogP contribution is -2.16. The second-order valence-corrected chi connectivity index (χ2v) is 4.81. The van der Waals surface area contributed by atoms with E-state index in [2.05, 4.69) is 0 Å². The molecule has 1 aliphatic rings. The lowest BCUT2D eigenvalue weighted by Gasteiger charge is -2.20. The van der Waals surface area contributed by atoms with Crippen molar-refractivity contribution >= 4 is 5.97 Å². The monoisotopic (exact) mass is 260 g/mol. The van der Waals surface area contributed by atoms with Gasteiger partial charge < -0.3 is 9.47 Å².